The first kappa shape index (κ1) is 11.4. The molecule has 0 radical (unpaired) electrons. The summed E-state index contributed by atoms with van der Waals surface area (Å²) in [5.41, 5.74) is 5.21. The molecule has 0 saturated heterocycles. The van der Waals surface area contributed by atoms with Crippen LogP contribution >= 0.6 is 11.3 Å². The molecule has 0 unspecified atom stereocenters. The van der Waals surface area contributed by atoms with Crippen LogP contribution < -0.4 is 0 Å². The molecule has 0 aliphatic heterocycles. The molecule has 1 aromatic carbocycles. The van der Waals surface area contributed by atoms with Crippen LogP contribution in [0.5, 0.6) is 0 Å². The highest BCUT2D eigenvalue weighted by Crippen LogP contribution is 2.25. The summed E-state index contributed by atoms with van der Waals surface area (Å²) in [6, 6.07) is 12.3. The first-order chi connectivity index (χ1) is 9.92. The zero-order valence-electron chi connectivity index (χ0n) is 10.6. The summed E-state index contributed by atoms with van der Waals surface area (Å²) in [4.78, 5) is 8.91. The number of benzene rings is 1. The summed E-state index contributed by atoms with van der Waals surface area (Å²) in [5, 5.41) is 4.21. The number of fused-ring (bicyclic) bond motifs is 1. The van der Waals surface area contributed by atoms with Crippen molar-refractivity contribution in [2.45, 2.75) is 0 Å². The van der Waals surface area contributed by atoms with Gasteiger partial charge in [-0.15, -0.1) is 0 Å². The van der Waals surface area contributed by atoms with Crippen LogP contribution in [0.4, 0.5) is 0 Å². The van der Waals surface area contributed by atoms with Gasteiger partial charge in [-0.1, -0.05) is 30.3 Å². The lowest BCUT2D eigenvalue weighted by atomic mass is 10.2. The highest BCUT2D eigenvalue weighted by Gasteiger charge is 2.08. The lowest BCUT2D eigenvalue weighted by Gasteiger charge is -2.03. The van der Waals surface area contributed by atoms with Crippen molar-refractivity contribution in [3.05, 3.63) is 65.7 Å². The summed E-state index contributed by atoms with van der Waals surface area (Å²) in [5.74, 6) is 0. The lowest BCUT2D eigenvalue weighted by Crippen LogP contribution is -1.92. The molecule has 3 nitrogen and oxygen atoms in total. The Balaban J connectivity index is 1.92. The first-order valence-corrected chi connectivity index (χ1v) is 7.27. The minimum absolute atomic E-state index is 0.867. The minimum Gasteiger partial charge on any atom is -0.296 e. The normalized spacial score (nSPS) is 11.0. The summed E-state index contributed by atoms with van der Waals surface area (Å²) in [7, 11) is 0. The van der Waals surface area contributed by atoms with E-state index in [1.165, 1.54) is 5.56 Å². The number of thiophene rings is 1. The van der Waals surface area contributed by atoms with Crippen LogP contribution in [0.25, 0.3) is 28.2 Å². The maximum Gasteiger partial charge on any atom is 0.155 e. The number of nitrogens with zero attached hydrogens (tertiary/aromatic N) is 3. The molecule has 0 fully saturated rings. The molecule has 0 atom stereocenters. The van der Waals surface area contributed by atoms with E-state index in [9.17, 15) is 0 Å². The smallest absolute Gasteiger partial charge is 0.155 e. The Bertz CT molecular complexity index is 848. The minimum atomic E-state index is 0.867. The zero-order valence-corrected chi connectivity index (χ0v) is 11.4. The molecular formula is C16H11N3S. The van der Waals surface area contributed by atoms with Gasteiger partial charge in [0.2, 0.25) is 0 Å². The number of imidazole rings is 1. The van der Waals surface area contributed by atoms with E-state index >= 15 is 0 Å². The van der Waals surface area contributed by atoms with Gasteiger partial charge < -0.3 is 0 Å². The van der Waals surface area contributed by atoms with Gasteiger partial charge in [-0.05, 0) is 11.4 Å². The van der Waals surface area contributed by atoms with Crippen molar-refractivity contribution in [3.63, 3.8) is 0 Å². The average Bonchev–Trinajstić information content (AvgIpc) is 3.16. The maximum atomic E-state index is 4.49. The fourth-order valence-electron chi connectivity index (χ4n) is 2.27. The molecular weight excluding hydrogens is 266 g/mol. The van der Waals surface area contributed by atoms with Gasteiger partial charge >= 0.3 is 0 Å². The van der Waals surface area contributed by atoms with Crippen LogP contribution in [0.15, 0.2) is 65.7 Å². The Hall–Kier alpha value is -2.46. The molecule has 0 bridgehead atoms. The third-order valence-electron chi connectivity index (χ3n) is 3.28. The van der Waals surface area contributed by atoms with Gasteiger partial charge in [0.25, 0.3) is 0 Å². The van der Waals surface area contributed by atoms with Crippen LogP contribution in [0.1, 0.15) is 0 Å². The fraction of sp³-hybridized carbons (Fsp3) is 0. The summed E-state index contributed by atoms with van der Waals surface area (Å²) in [6.07, 6.45) is 5.76. The van der Waals surface area contributed by atoms with E-state index in [-0.39, 0.29) is 0 Å². The van der Waals surface area contributed by atoms with Crippen molar-refractivity contribution in [3.8, 4) is 22.5 Å². The largest absolute Gasteiger partial charge is 0.296 e. The van der Waals surface area contributed by atoms with Gasteiger partial charge in [0.05, 0.1) is 23.8 Å². The van der Waals surface area contributed by atoms with E-state index in [0.29, 0.717) is 0 Å². The summed E-state index contributed by atoms with van der Waals surface area (Å²) >= 11 is 1.69. The second-order valence-electron chi connectivity index (χ2n) is 4.52. The van der Waals surface area contributed by atoms with Crippen LogP contribution in [-0.2, 0) is 0 Å². The average molecular weight is 277 g/mol. The Labute approximate surface area is 120 Å². The van der Waals surface area contributed by atoms with E-state index in [2.05, 4.69) is 43.3 Å². The molecule has 0 aliphatic rings. The molecule has 0 aliphatic carbocycles. The van der Waals surface area contributed by atoms with Crippen molar-refractivity contribution < 1.29 is 0 Å². The Morgan fingerprint density at radius 2 is 1.80 bits per heavy atom. The quantitative estimate of drug-likeness (QED) is 0.551. The summed E-state index contributed by atoms with van der Waals surface area (Å²) < 4.78 is 2.09. The standard InChI is InChI=1S/C16H11N3S/c1-2-4-12(5-3-1)14-10-19-15(13-6-7-20-11-13)8-18-16(19)9-17-14/h1-11H. The Kier molecular flexibility index (Phi) is 2.60. The highest BCUT2D eigenvalue weighted by molar-refractivity contribution is 7.08. The molecule has 0 spiro atoms. The number of rotatable bonds is 2. The van der Waals surface area contributed by atoms with Gasteiger partial charge in [-0.2, -0.15) is 11.3 Å². The molecule has 0 amide bonds. The molecule has 20 heavy (non-hydrogen) atoms. The third kappa shape index (κ3) is 1.82. The van der Waals surface area contributed by atoms with E-state index in [1.807, 2.05) is 36.8 Å². The van der Waals surface area contributed by atoms with Crippen molar-refractivity contribution in [2.75, 3.05) is 0 Å². The second-order valence-corrected chi connectivity index (χ2v) is 5.30. The topological polar surface area (TPSA) is 30.2 Å². The second kappa shape index (κ2) is 4.58. The number of hydrogen-bond acceptors (Lipinski definition) is 3. The van der Waals surface area contributed by atoms with Gasteiger partial charge in [0.1, 0.15) is 0 Å². The van der Waals surface area contributed by atoms with Gasteiger partial charge in [0, 0.05) is 22.7 Å². The highest BCUT2D eigenvalue weighted by atomic mass is 32.1. The molecule has 3 aromatic heterocycles. The van der Waals surface area contributed by atoms with Crippen LogP contribution in [-0.4, -0.2) is 14.4 Å². The third-order valence-corrected chi connectivity index (χ3v) is 3.97. The SMILES string of the molecule is c1ccc(-c2cn3c(-c4ccsc4)cnc3cn2)cc1. The molecule has 4 aromatic rings. The number of hydrogen-bond donors (Lipinski definition) is 0. The Morgan fingerprint density at radius 3 is 2.60 bits per heavy atom. The molecule has 96 valence electrons. The fourth-order valence-corrected chi connectivity index (χ4v) is 2.92. The van der Waals surface area contributed by atoms with E-state index in [0.717, 1.165) is 22.6 Å². The van der Waals surface area contributed by atoms with Gasteiger partial charge in [0.15, 0.2) is 5.65 Å². The molecule has 4 rings (SSSR count). The molecule has 4 heteroatoms. The Morgan fingerprint density at radius 1 is 0.900 bits per heavy atom. The molecule has 0 N–H and O–H groups in total. The monoisotopic (exact) mass is 277 g/mol. The van der Waals surface area contributed by atoms with Crippen LogP contribution in [0.2, 0.25) is 0 Å². The lowest BCUT2D eigenvalue weighted by molar-refractivity contribution is 1.14. The summed E-state index contributed by atoms with van der Waals surface area (Å²) in [6.45, 7) is 0. The molecule has 3 heterocycles. The predicted molar refractivity (Wildman–Crippen MR) is 81.7 cm³/mol. The van der Waals surface area contributed by atoms with E-state index in [4.69, 9.17) is 0 Å². The van der Waals surface area contributed by atoms with E-state index in [1.54, 1.807) is 11.3 Å². The van der Waals surface area contributed by atoms with Gasteiger partial charge in [-0.25, -0.2) is 4.98 Å². The van der Waals surface area contributed by atoms with Crippen molar-refractivity contribution in [1.82, 2.24) is 14.4 Å². The van der Waals surface area contributed by atoms with Crippen molar-refractivity contribution >= 4 is 17.0 Å². The van der Waals surface area contributed by atoms with Crippen molar-refractivity contribution in [1.29, 1.82) is 0 Å². The first-order valence-electron chi connectivity index (χ1n) is 6.33. The van der Waals surface area contributed by atoms with E-state index < -0.39 is 0 Å². The molecule has 0 saturated carbocycles. The number of aromatic nitrogens is 3. The van der Waals surface area contributed by atoms with Gasteiger partial charge in [-0.3, -0.25) is 9.38 Å². The van der Waals surface area contributed by atoms with Crippen molar-refractivity contribution in [2.24, 2.45) is 0 Å². The predicted octanol–water partition coefficient (Wildman–Crippen LogP) is 4.12. The van der Waals surface area contributed by atoms with Crippen LogP contribution in [0, 0.1) is 0 Å². The van der Waals surface area contributed by atoms with Crippen LogP contribution in [0.3, 0.4) is 0 Å². The maximum absolute atomic E-state index is 4.49. The zero-order chi connectivity index (χ0) is 13.4.